The van der Waals surface area contributed by atoms with Gasteiger partial charge < -0.3 is 10.9 Å². The molecule has 86 valence electrons. The van der Waals surface area contributed by atoms with Crippen LogP contribution >= 0.6 is 63.7 Å². The summed E-state index contributed by atoms with van der Waals surface area (Å²) in [6, 6.07) is 0. The fraction of sp³-hybridized carbons (Fsp3) is 0. The van der Waals surface area contributed by atoms with Crippen molar-refractivity contribution in [1.29, 1.82) is 0 Å². The van der Waals surface area contributed by atoms with Crippen molar-refractivity contribution in [2.24, 2.45) is 0 Å². The van der Waals surface area contributed by atoms with Gasteiger partial charge in [0, 0.05) is 17.9 Å². The lowest BCUT2D eigenvalue weighted by molar-refractivity contribution is 0.0443. The van der Waals surface area contributed by atoms with Gasteiger partial charge in [0.2, 0.25) is 0 Å². The van der Waals surface area contributed by atoms with Gasteiger partial charge >= 0.3 is 11.9 Å². The molecule has 0 saturated heterocycles. The summed E-state index contributed by atoms with van der Waals surface area (Å²) in [5, 5.41) is 0. The summed E-state index contributed by atoms with van der Waals surface area (Å²) in [7, 11) is 0. The molecular weight excluding hydrogens is 478 g/mol. The van der Waals surface area contributed by atoms with Crippen molar-refractivity contribution in [2.45, 2.75) is 0 Å². The molecule has 0 spiro atoms. The maximum Gasteiger partial charge on any atom is 0.348 e. The highest BCUT2D eigenvalue weighted by molar-refractivity contribution is 9.15. The van der Waals surface area contributed by atoms with Crippen LogP contribution < -0.4 is 6.15 Å². The highest BCUT2D eigenvalue weighted by Crippen LogP contribution is 2.44. The van der Waals surface area contributed by atoms with Gasteiger partial charge in [0.25, 0.3) is 0 Å². The van der Waals surface area contributed by atoms with Gasteiger partial charge in [-0.05, 0) is 63.7 Å². The van der Waals surface area contributed by atoms with E-state index in [1.54, 1.807) is 0 Å². The number of halogens is 4. The first kappa shape index (κ1) is 14.3. The number of carbonyl (C=O) groups is 2. The smallest absolute Gasteiger partial charge is 0.348 e. The second kappa shape index (κ2) is 4.85. The standard InChI is InChI=1S/C8Br4O3.H3N/c9-3-1-2(8(14)15-7(1)13)4(10)6(12)5(3)11;/h;1H3. The van der Waals surface area contributed by atoms with E-state index in [4.69, 9.17) is 0 Å². The van der Waals surface area contributed by atoms with E-state index >= 15 is 0 Å². The van der Waals surface area contributed by atoms with Crippen LogP contribution in [-0.2, 0) is 4.74 Å². The van der Waals surface area contributed by atoms with Crippen LogP contribution in [0.3, 0.4) is 0 Å². The van der Waals surface area contributed by atoms with Crippen molar-refractivity contribution in [3.63, 3.8) is 0 Å². The van der Waals surface area contributed by atoms with Crippen molar-refractivity contribution < 1.29 is 14.3 Å². The summed E-state index contributed by atoms with van der Waals surface area (Å²) in [5.41, 5.74) is 0.476. The van der Waals surface area contributed by atoms with Crippen molar-refractivity contribution in [2.75, 3.05) is 0 Å². The maximum absolute atomic E-state index is 11.4. The fourth-order valence-corrected chi connectivity index (χ4v) is 3.64. The molecule has 0 amide bonds. The van der Waals surface area contributed by atoms with E-state index in [1.165, 1.54) is 0 Å². The van der Waals surface area contributed by atoms with Crippen molar-refractivity contribution in [3.8, 4) is 0 Å². The first-order valence-corrected chi connectivity index (χ1v) is 6.74. The monoisotopic (exact) mass is 477 g/mol. The molecule has 0 aromatic heterocycles. The van der Waals surface area contributed by atoms with Gasteiger partial charge in [0.15, 0.2) is 0 Å². The van der Waals surface area contributed by atoms with Gasteiger partial charge in [0.05, 0.1) is 11.1 Å². The maximum atomic E-state index is 11.4. The first-order valence-electron chi connectivity index (χ1n) is 3.57. The number of hydrogen-bond acceptors (Lipinski definition) is 4. The minimum Gasteiger partial charge on any atom is -0.386 e. The summed E-state index contributed by atoms with van der Waals surface area (Å²) in [6.07, 6.45) is 0. The van der Waals surface area contributed by atoms with Crippen LogP contribution in [0.5, 0.6) is 0 Å². The quantitative estimate of drug-likeness (QED) is 0.261. The summed E-state index contributed by atoms with van der Waals surface area (Å²) < 4.78 is 6.84. The second-order valence-corrected chi connectivity index (χ2v) is 5.85. The largest absolute Gasteiger partial charge is 0.386 e. The van der Waals surface area contributed by atoms with E-state index in [1.807, 2.05) is 0 Å². The Morgan fingerprint density at radius 2 is 1.00 bits per heavy atom. The third-order valence-corrected chi connectivity index (χ3v) is 6.63. The van der Waals surface area contributed by atoms with Crippen LogP contribution in [0.15, 0.2) is 17.9 Å². The number of esters is 2. The minimum absolute atomic E-state index is 0. The molecular formula is C8H3Br4NO3. The lowest BCUT2D eigenvalue weighted by Gasteiger charge is -2.06. The topological polar surface area (TPSA) is 78.4 Å². The molecule has 0 aliphatic carbocycles. The van der Waals surface area contributed by atoms with E-state index < -0.39 is 11.9 Å². The molecule has 1 heterocycles. The van der Waals surface area contributed by atoms with Crippen LogP contribution in [0.25, 0.3) is 0 Å². The molecule has 4 nitrogen and oxygen atoms in total. The number of ether oxygens (including phenoxy) is 1. The van der Waals surface area contributed by atoms with Gasteiger partial charge in [-0.1, -0.05) is 0 Å². The third-order valence-electron chi connectivity index (χ3n) is 1.86. The zero-order valence-electron chi connectivity index (χ0n) is 7.44. The molecule has 16 heavy (non-hydrogen) atoms. The average Bonchev–Trinajstić information content (AvgIpc) is 2.47. The van der Waals surface area contributed by atoms with Crippen LogP contribution in [0.1, 0.15) is 20.7 Å². The van der Waals surface area contributed by atoms with Gasteiger partial charge in [-0.3, -0.25) is 0 Å². The molecule has 0 saturated carbocycles. The third kappa shape index (κ3) is 1.90. The molecule has 0 radical (unpaired) electrons. The predicted octanol–water partition coefficient (Wildman–Crippen LogP) is 4.21. The Morgan fingerprint density at radius 3 is 1.31 bits per heavy atom. The zero-order valence-corrected chi connectivity index (χ0v) is 13.8. The SMILES string of the molecule is N.O=C1OC(=O)c2c(Br)c(Br)c(Br)c(Br)c21. The minimum atomic E-state index is -0.643. The van der Waals surface area contributed by atoms with Gasteiger partial charge in [0.1, 0.15) is 0 Å². The number of cyclic esters (lactones) is 2. The molecule has 0 unspecified atom stereocenters. The van der Waals surface area contributed by atoms with E-state index in [0.29, 0.717) is 17.9 Å². The van der Waals surface area contributed by atoms with Crippen LogP contribution in [-0.4, -0.2) is 11.9 Å². The Morgan fingerprint density at radius 1 is 0.688 bits per heavy atom. The molecule has 0 bridgehead atoms. The zero-order chi connectivity index (χ0) is 11.3. The van der Waals surface area contributed by atoms with Crippen molar-refractivity contribution >= 4 is 75.7 Å². The van der Waals surface area contributed by atoms with Crippen LogP contribution in [0.4, 0.5) is 0 Å². The molecule has 8 heteroatoms. The lowest BCUT2D eigenvalue weighted by Crippen LogP contribution is -1.97. The number of fused-ring (bicyclic) bond motifs is 1. The van der Waals surface area contributed by atoms with Gasteiger partial charge in [-0.15, -0.1) is 0 Å². The average molecular weight is 481 g/mol. The Kier molecular flexibility index (Phi) is 4.34. The highest BCUT2D eigenvalue weighted by atomic mass is 79.9. The lowest BCUT2D eigenvalue weighted by atomic mass is 10.1. The summed E-state index contributed by atoms with van der Waals surface area (Å²) >= 11 is 13.0. The molecule has 1 aromatic rings. The van der Waals surface area contributed by atoms with Crippen molar-refractivity contribution in [1.82, 2.24) is 6.15 Å². The Labute approximate surface area is 124 Å². The molecule has 0 fully saturated rings. The highest BCUT2D eigenvalue weighted by Gasteiger charge is 2.36. The second-order valence-electron chi connectivity index (χ2n) is 2.68. The normalized spacial score (nSPS) is 13.2. The number of rotatable bonds is 0. The summed E-state index contributed by atoms with van der Waals surface area (Å²) in [4.78, 5) is 22.8. The van der Waals surface area contributed by atoms with E-state index in [0.717, 1.165) is 0 Å². The molecule has 2 rings (SSSR count). The number of hydrogen-bond donors (Lipinski definition) is 1. The van der Waals surface area contributed by atoms with E-state index in [9.17, 15) is 9.59 Å². The summed E-state index contributed by atoms with van der Waals surface area (Å²) in [6.45, 7) is 0. The number of benzene rings is 1. The van der Waals surface area contributed by atoms with Gasteiger partial charge in [-0.25, -0.2) is 9.59 Å². The van der Waals surface area contributed by atoms with Crippen LogP contribution in [0.2, 0.25) is 0 Å². The van der Waals surface area contributed by atoms with E-state index in [2.05, 4.69) is 68.5 Å². The fourth-order valence-electron chi connectivity index (χ4n) is 1.20. The molecule has 1 aliphatic rings. The molecule has 1 aliphatic heterocycles. The summed E-state index contributed by atoms with van der Waals surface area (Å²) in [5.74, 6) is -1.29. The molecule has 1 aromatic carbocycles. The van der Waals surface area contributed by atoms with E-state index in [-0.39, 0.29) is 17.3 Å². The first-order chi connectivity index (χ1) is 6.95. The Bertz CT molecular complexity index is 470. The Hall–Kier alpha value is 0.240. The predicted molar refractivity (Wildman–Crippen MR) is 72.0 cm³/mol. The number of carbonyl (C=O) groups excluding carboxylic acids is 2. The Balaban J connectivity index is 0.00000128. The van der Waals surface area contributed by atoms with Crippen LogP contribution in [0, 0.1) is 0 Å². The van der Waals surface area contributed by atoms with Crippen molar-refractivity contribution in [3.05, 3.63) is 29.0 Å². The molecule has 0 atom stereocenters. The van der Waals surface area contributed by atoms with Gasteiger partial charge in [-0.2, -0.15) is 0 Å². The molecule has 3 N–H and O–H groups in total.